The standard InChI is InChI=1S/C19H27F/c1-8-11-17(14-15(4)9-2)16(5)12-13-18(10-3)19(6,7)20/h8,10-14H,1,3,9H2,2,4-7H3/b15-14+,16-12+,17-11+,18-13+. The Kier molecular flexibility index (Phi) is 7.83. The molecule has 0 rings (SSSR count). The summed E-state index contributed by atoms with van der Waals surface area (Å²) >= 11 is 0. The first kappa shape index (κ1) is 18.4. The van der Waals surface area contributed by atoms with Crippen LogP contribution in [0.25, 0.3) is 0 Å². The maximum absolute atomic E-state index is 13.9. The fourth-order valence-corrected chi connectivity index (χ4v) is 1.61. The van der Waals surface area contributed by atoms with E-state index in [1.54, 1.807) is 18.2 Å². The average Bonchev–Trinajstić information content (AvgIpc) is 2.36. The summed E-state index contributed by atoms with van der Waals surface area (Å²) in [6, 6.07) is 0. The van der Waals surface area contributed by atoms with Crippen molar-refractivity contribution in [3.8, 4) is 0 Å². The van der Waals surface area contributed by atoms with Crippen LogP contribution in [0.1, 0.15) is 41.0 Å². The lowest BCUT2D eigenvalue weighted by Gasteiger charge is -2.15. The molecule has 0 radical (unpaired) electrons. The van der Waals surface area contributed by atoms with Crippen LogP contribution in [0.5, 0.6) is 0 Å². The van der Waals surface area contributed by atoms with Gasteiger partial charge in [0.05, 0.1) is 0 Å². The van der Waals surface area contributed by atoms with Crippen LogP contribution in [0.2, 0.25) is 0 Å². The molecule has 0 N–H and O–H groups in total. The normalized spacial score (nSPS) is 15.3. The molecule has 0 aromatic rings. The van der Waals surface area contributed by atoms with Crippen LogP contribution in [0, 0.1) is 0 Å². The fourth-order valence-electron chi connectivity index (χ4n) is 1.61. The molecule has 0 aliphatic rings. The van der Waals surface area contributed by atoms with E-state index in [4.69, 9.17) is 0 Å². The summed E-state index contributed by atoms with van der Waals surface area (Å²) in [7, 11) is 0. The number of rotatable bonds is 7. The molecule has 1 heteroatoms. The molecule has 0 spiro atoms. The zero-order valence-corrected chi connectivity index (χ0v) is 13.5. The summed E-state index contributed by atoms with van der Waals surface area (Å²) in [5, 5.41) is 0. The Balaban J connectivity index is 5.48. The lowest BCUT2D eigenvalue weighted by Crippen LogP contribution is -2.13. The minimum absolute atomic E-state index is 0.575. The molecular weight excluding hydrogens is 247 g/mol. The number of hydrogen-bond donors (Lipinski definition) is 0. The molecule has 0 amide bonds. The van der Waals surface area contributed by atoms with Crippen LogP contribution in [-0.2, 0) is 0 Å². The van der Waals surface area contributed by atoms with Gasteiger partial charge in [-0.2, -0.15) is 0 Å². The Bertz CT molecular complexity index is 462. The zero-order valence-electron chi connectivity index (χ0n) is 13.5. The third-order valence-corrected chi connectivity index (χ3v) is 3.13. The van der Waals surface area contributed by atoms with Crippen LogP contribution in [0.3, 0.4) is 0 Å². The maximum Gasteiger partial charge on any atom is 0.130 e. The highest BCUT2D eigenvalue weighted by molar-refractivity contribution is 5.44. The minimum atomic E-state index is -1.38. The lowest BCUT2D eigenvalue weighted by atomic mass is 9.97. The molecule has 20 heavy (non-hydrogen) atoms. The number of alkyl halides is 1. The first-order chi connectivity index (χ1) is 9.26. The van der Waals surface area contributed by atoms with Crippen molar-refractivity contribution >= 4 is 0 Å². The van der Waals surface area contributed by atoms with E-state index in [0.717, 1.165) is 17.6 Å². The Morgan fingerprint density at radius 1 is 1.10 bits per heavy atom. The quantitative estimate of drug-likeness (QED) is 0.480. The first-order valence-electron chi connectivity index (χ1n) is 6.96. The van der Waals surface area contributed by atoms with Gasteiger partial charge in [-0.05, 0) is 50.8 Å². The monoisotopic (exact) mass is 274 g/mol. The van der Waals surface area contributed by atoms with Crippen LogP contribution >= 0.6 is 0 Å². The maximum atomic E-state index is 13.9. The average molecular weight is 274 g/mol. The largest absolute Gasteiger partial charge is 0.239 e. The van der Waals surface area contributed by atoms with E-state index in [1.807, 2.05) is 19.1 Å². The molecule has 0 atom stereocenters. The summed E-state index contributed by atoms with van der Waals surface area (Å²) in [6.07, 6.45) is 12.1. The molecule has 0 saturated carbocycles. The van der Waals surface area contributed by atoms with Crippen LogP contribution in [-0.4, -0.2) is 5.67 Å². The Hall–Kier alpha value is -1.63. The van der Waals surface area contributed by atoms with Gasteiger partial charge in [0, 0.05) is 0 Å². The van der Waals surface area contributed by atoms with Gasteiger partial charge in [-0.25, -0.2) is 4.39 Å². The Labute approximate surface area is 123 Å². The molecule has 0 bridgehead atoms. The third kappa shape index (κ3) is 6.51. The number of halogens is 1. The molecule has 0 aliphatic heterocycles. The second kappa shape index (κ2) is 8.52. The Morgan fingerprint density at radius 3 is 2.10 bits per heavy atom. The van der Waals surface area contributed by atoms with Crippen molar-refractivity contribution in [2.75, 3.05) is 0 Å². The van der Waals surface area contributed by atoms with Gasteiger partial charge in [-0.1, -0.05) is 62.1 Å². The highest BCUT2D eigenvalue weighted by Gasteiger charge is 2.18. The molecule has 0 saturated heterocycles. The summed E-state index contributed by atoms with van der Waals surface area (Å²) in [6.45, 7) is 16.7. The van der Waals surface area contributed by atoms with Gasteiger partial charge in [0.1, 0.15) is 5.67 Å². The summed E-state index contributed by atoms with van der Waals surface area (Å²) in [4.78, 5) is 0. The van der Waals surface area contributed by atoms with Crippen molar-refractivity contribution in [3.05, 3.63) is 71.9 Å². The van der Waals surface area contributed by atoms with Crippen molar-refractivity contribution in [2.45, 2.75) is 46.7 Å². The predicted molar refractivity (Wildman–Crippen MR) is 89.6 cm³/mol. The van der Waals surface area contributed by atoms with Crippen LogP contribution in [0.15, 0.2) is 71.9 Å². The molecule has 0 fully saturated rings. The smallest absolute Gasteiger partial charge is 0.130 e. The SMILES string of the molecule is C=C/C=C(\C=C(/C)CC)C(/C)=C/C=C(\C=C)C(C)(C)F. The third-order valence-electron chi connectivity index (χ3n) is 3.13. The highest BCUT2D eigenvalue weighted by atomic mass is 19.1. The minimum Gasteiger partial charge on any atom is -0.239 e. The van der Waals surface area contributed by atoms with Crippen LogP contribution in [0.4, 0.5) is 4.39 Å². The molecular formula is C19H27F. The van der Waals surface area contributed by atoms with E-state index in [-0.39, 0.29) is 0 Å². The molecule has 0 aliphatic carbocycles. The predicted octanol–water partition coefficient (Wildman–Crippen LogP) is 6.26. The first-order valence-corrected chi connectivity index (χ1v) is 6.96. The van der Waals surface area contributed by atoms with Crippen molar-refractivity contribution in [3.63, 3.8) is 0 Å². The van der Waals surface area contributed by atoms with Crippen molar-refractivity contribution in [2.24, 2.45) is 0 Å². The van der Waals surface area contributed by atoms with Gasteiger partial charge < -0.3 is 0 Å². The van der Waals surface area contributed by atoms with E-state index < -0.39 is 5.67 Å². The molecule has 0 nitrogen and oxygen atoms in total. The molecule has 0 aromatic carbocycles. The fraction of sp³-hybridized carbons (Fsp3) is 0.368. The molecule has 0 unspecified atom stereocenters. The van der Waals surface area contributed by atoms with Gasteiger partial charge in [0.25, 0.3) is 0 Å². The summed E-state index contributed by atoms with van der Waals surface area (Å²) < 4.78 is 13.9. The van der Waals surface area contributed by atoms with Crippen LogP contribution < -0.4 is 0 Å². The second-order valence-electron chi connectivity index (χ2n) is 5.35. The lowest BCUT2D eigenvalue weighted by molar-refractivity contribution is 0.274. The Morgan fingerprint density at radius 2 is 1.70 bits per heavy atom. The van der Waals surface area contributed by atoms with Gasteiger partial charge in [-0.3, -0.25) is 0 Å². The summed E-state index contributed by atoms with van der Waals surface area (Å²) in [5.41, 5.74) is 2.66. The zero-order chi connectivity index (χ0) is 15.8. The van der Waals surface area contributed by atoms with Gasteiger partial charge in [0.2, 0.25) is 0 Å². The van der Waals surface area contributed by atoms with Gasteiger partial charge in [0.15, 0.2) is 0 Å². The molecule has 0 aromatic heterocycles. The van der Waals surface area contributed by atoms with Crippen molar-refractivity contribution in [1.29, 1.82) is 0 Å². The topological polar surface area (TPSA) is 0 Å². The van der Waals surface area contributed by atoms with Crippen molar-refractivity contribution < 1.29 is 4.39 Å². The summed E-state index contributed by atoms with van der Waals surface area (Å²) in [5.74, 6) is 0. The van der Waals surface area contributed by atoms with E-state index in [2.05, 4.69) is 33.1 Å². The van der Waals surface area contributed by atoms with E-state index in [9.17, 15) is 4.39 Å². The van der Waals surface area contributed by atoms with Crippen molar-refractivity contribution in [1.82, 2.24) is 0 Å². The van der Waals surface area contributed by atoms with Gasteiger partial charge in [-0.15, -0.1) is 0 Å². The highest BCUT2D eigenvalue weighted by Crippen LogP contribution is 2.22. The molecule has 0 heterocycles. The molecule has 110 valence electrons. The number of hydrogen-bond acceptors (Lipinski definition) is 0. The van der Waals surface area contributed by atoms with E-state index in [0.29, 0.717) is 5.57 Å². The van der Waals surface area contributed by atoms with E-state index >= 15 is 0 Å². The van der Waals surface area contributed by atoms with Gasteiger partial charge >= 0.3 is 0 Å². The second-order valence-corrected chi connectivity index (χ2v) is 5.35. The van der Waals surface area contributed by atoms with E-state index in [1.165, 1.54) is 19.4 Å². The number of allylic oxidation sites excluding steroid dienone is 10.